The van der Waals surface area contributed by atoms with Gasteiger partial charge in [0, 0.05) is 36.8 Å². The highest BCUT2D eigenvalue weighted by atomic mass is 32.1. The molecule has 3 heterocycles. The van der Waals surface area contributed by atoms with Gasteiger partial charge in [0.05, 0.1) is 17.1 Å². The van der Waals surface area contributed by atoms with Crippen molar-refractivity contribution in [2.24, 2.45) is 0 Å². The number of nitrogens with zero attached hydrogens (tertiary/aromatic N) is 3. The Labute approximate surface area is 151 Å². The van der Waals surface area contributed by atoms with Gasteiger partial charge in [0.2, 0.25) is 5.91 Å². The van der Waals surface area contributed by atoms with E-state index in [2.05, 4.69) is 28.2 Å². The van der Waals surface area contributed by atoms with Crippen molar-refractivity contribution in [3.05, 3.63) is 81.6 Å². The highest BCUT2D eigenvalue weighted by Crippen LogP contribution is 2.20. The zero-order valence-corrected chi connectivity index (χ0v) is 14.7. The van der Waals surface area contributed by atoms with Crippen LogP contribution >= 0.6 is 11.3 Å². The number of pyridine rings is 1. The molecule has 0 atom stereocenters. The van der Waals surface area contributed by atoms with Crippen LogP contribution in [0.5, 0.6) is 0 Å². The van der Waals surface area contributed by atoms with Gasteiger partial charge in [-0.25, -0.2) is 4.98 Å². The van der Waals surface area contributed by atoms with Crippen LogP contribution in [-0.2, 0) is 30.6 Å². The van der Waals surface area contributed by atoms with Crippen molar-refractivity contribution in [3.8, 4) is 0 Å². The van der Waals surface area contributed by atoms with E-state index in [0.717, 1.165) is 35.8 Å². The lowest BCUT2D eigenvalue weighted by Gasteiger charge is -2.28. The molecule has 0 saturated heterocycles. The zero-order chi connectivity index (χ0) is 17.1. The summed E-state index contributed by atoms with van der Waals surface area (Å²) in [6, 6.07) is 14.3. The van der Waals surface area contributed by atoms with Gasteiger partial charge in [-0.05, 0) is 29.7 Å². The lowest BCUT2D eigenvalue weighted by Crippen LogP contribution is -2.36. The molecule has 4 nitrogen and oxygen atoms in total. The minimum atomic E-state index is 0.157. The Bertz CT molecular complexity index is 875. The lowest BCUT2D eigenvalue weighted by atomic mass is 10.00. The lowest BCUT2D eigenvalue weighted by molar-refractivity contribution is -0.131. The average Bonchev–Trinajstić information content (AvgIpc) is 3.09. The molecule has 0 saturated carbocycles. The van der Waals surface area contributed by atoms with Gasteiger partial charge in [0.1, 0.15) is 0 Å². The Morgan fingerprint density at radius 1 is 1.08 bits per heavy atom. The highest BCUT2D eigenvalue weighted by molar-refractivity contribution is 7.09. The van der Waals surface area contributed by atoms with Gasteiger partial charge in [-0.1, -0.05) is 30.3 Å². The Morgan fingerprint density at radius 2 is 1.92 bits per heavy atom. The number of rotatable bonds is 4. The molecule has 3 aromatic rings. The first-order valence-corrected chi connectivity index (χ1v) is 9.33. The second-order valence-corrected chi connectivity index (χ2v) is 7.18. The number of amides is 1. The Morgan fingerprint density at radius 3 is 2.76 bits per heavy atom. The summed E-state index contributed by atoms with van der Waals surface area (Å²) in [5.74, 6) is 0.157. The number of fused-ring (bicyclic) bond motifs is 1. The maximum absolute atomic E-state index is 12.6. The standard InChI is InChI=1S/C20H19N3OS/c24-20(23-10-8-15-5-1-2-6-16(15)13-23)12-18-14-25-19(22-18)11-17-7-3-4-9-21-17/h1-7,9,14H,8,10-13H2. The average molecular weight is 349 g/mol. The van der Waals surface area contributed by atoms with Crippen LogP contribution in [0.4, 0.5) is 0 Å². The molecule has 0 spiro atoms. The van der Waals surface area contributed by atoms with Gasteiger partial charge in [-0.3, -0.25) is 9.78 Å². The number of aromatic nitrogens is 2. The molecular formula is C20H19N3OS. The molecule has 0 fully saturated rings. The van der Waals surface area contributed by atoms with E-state index in [9.17, 15) is 4.79 Å². The molecular weight excluding hydrogens is 330 g/mol. The smallest absolute Gasteiger partial charge is 0.228 e. The summed E-state index contributed by atoms with van der Waals surface area (Å²) in [4.78, 5) is 23.5. The third kappa shape index (κ3) is 3.77. The molecule has 1 aliphatic rings. The number of thiazole rings is 1. The van der Waals surface area contributed by atoms with E-state index in [-0.39, 0.29) is 5.91 Å². The summed E-state index contributed by atoms with van der Waals surface area (Å²) in [5.41, 5.74) is 4.48. The zero-order valence-electron chi connectivity index (χ0n) is 13.9. The van der Waals surface area contributed by atoms with Crippen LogP contribution in [0, 0.1) is 0 Å². The van der Waals surface area contributed by atoms with Gasteiger partial charge in [-0.15, -0.1) is 11.3 Å². The fourth-order valence-electron chi connectivity index (χ4n) is 3.14. The first-order valence-electron chi connectivity index (χ1n) is 8.46. The molecule has 0 aliphatic carbocycles. The summed E-state index contributed by atoms with van der Waals surface area (Å²) in [5, 5.41) is 3.00. The fourth-order valence-corrected chi connectivity index (χ4v) is 3.95. The van der Waals surface area contributed by atoms with Crippen molar-refractivity contribution in [3.63, 3.8) is 0 Å². The van der Waals surface area contributed by atoms with Crippen molar-refractivity contribution in [1.82, 2.24) is 14.9 Å². The minimum absolute atomic E-state index is 0.157. The monoisotopic (exact) mass is 349 g/mol. The normalized spacial score (nSPS) is 13.5. The molecule has 0 unspecified atom stereocenters. The van der Waals surface area contributed by atoms with Crippen LogP contribution in [0.25, 0.3) is 0 Å². The Balaban J connectivity index is 1.39. The second-order valence-electron chi connectivity index (χ2n) is 6.24. The summed E-state index contributed by atoms with van der Waals surface area (Å²) < 4.78 is 0. The van der Waals surface area contributed by atoms with E-state index in [4.69, 9.17) is 0 Å². The molecule has 4 rings (SSSR count). The van der Waals surface area contributed by atoms with Crippen LogP contribution < -0.4 is 0 Å². The van der Waals surface area contributed by atoms with Crippen molar-refractivity contribution in [1.29, 1.82) is 0 Å². The first-order chi connectivity index (χ1) is 12.3. The molecule has 0 N–H and O–H groups in total. The quantitative estimate of drug-likeness (QED) is 0.726. The van der Waals surface area contributed by atoms with Crippen molar-refractivity contribution in [2.75, 3.05) is 6.54 Å². The van der Waals surface area contributed by atoms with Gasteiger partial charge in [0.15, 0.2) is 0 Å². The number of benzene rings is 1. The van der Waals surface area contributed by atoms with Crippen LogP contribution in [0.15, 0.2) is 54.0 Å². The van der Waals surface area contributed by atoms with Crippen LogP contribution in [-0.4, -0.2) is 27.3 Å². The molecule has 126 valence electrons. The van der Waals surface area contributed by atoms with Gasteiger partial charge in [-0.2, -0.15) is 0 Å². The maximum Gasteiger partial charge on any atom is 0.228 e. The van der Waals surface area contributed by atoms with Crippen molar-refractivity contribution < 1.29 is 4.79 Å². The molecule has 1 aromatic carbocycles. The topological polar surface area (TPSA) is 46.1 Å². The Hall–Kier alpha value is -2.53. The fraction of sp³-hybridized carbons (Fsp3) is 0.250. The van der Waals surface area contributed by atoms with Crippen LogP contribution in [0.2, 0.25) is 0 Å². The number of carbonyl (C=O) groups is 1. The summed E-state index contributed by atoms with van der Waals surface area (Å²) in [7, 11) is 0. The van der Waals surface area contributed by atoms with Crippen LogP contribution in [0.3, 0.4) is 0 Å². The molecule has 25 heavy (non-hydrogen) atoms. The molecule has 0 bridgehead atoms. The van der Waals surface area contributed by atoms with E-state index >= 15 is 0 Å². The Kier molecular flexibility index (Phi) is 4.57. The van der Waals surface area contributed by atoms with E-state index in [1.807, 2.05) is 34.5 Å². The first kappa shape index (κ1) is 16.0. The molecule has 5 heteroatoms. The van der Waals surface area contributed by atoms with Crippen molar-refractivity contribution >= 4 is 17.2 Å². The largest absolute Gasteiger partial charge is 0.338 e. The second kappa shape index (κ2) is 7.15. The minimum Gasteiger partial charge on any atom is -0.338 e. The predicted octanol–water partition coefficient (Wildman–Crippen LogP) is 3.26. The van der Waals surface area contributed by atoms with Crippen LogP contribution in [0.1, 0.15) is 27.5 Å². The maximum atomic E-state index is 12.6. The number of carbonyl (C=O) groups excluding carboxylic acids is 1. The molecule has 1 amide bonds. The van der Waals surface area contributed by atoms with Gasteiger partial charge >= 0.3 is 0 Å². The van der Waals surface area contributed by atoms with E-state index < -0.39 is 0 Å². The highest BCUT2D eigenvalue weighted by Gasteiger charge is 2.21. The summed E-state index contributed by atoms with van der Waals surface area (Å²) >= 11 is 1.60. The van der Waals surface area contributed by atoms with Gasteiger partial charge < -0.3 is 4.90 Å². The third-order valence-corrected chi connectivity index (χ3v) is 5.37. The van der Waals surface area contributed by atoms with Crippen molar-refractivity contribution in [2.45, 2.75) is 25.8 Å². The van der Waals surface area contributed by atoms with E-state index in [0.29, 0.717) is 13.0 Å². The summed E-state index contributed by atoms with van der Waals surface area (Å²) in [6.45, 7) is 1.50. The SMILES string of the molecule is O=C(Cc1csc(Cc2ccccn2)n1)N1CCc2ccccc2C1. The molecule has 0 radical (unpaired) electrons. The molecule has 2 aromatic heterocycles. The van der Waals surface area contributed by atoms with E-state index in [1.54, 1.807) is 17.5 Å². The molecule has 1 aliphatic heterocycles. The predicted molar refractivity (Wildman–Crippen MR) is 98.4 cm³/mol. The summed E-state index contributed by atoms with van der Waals surface area (Å²) in [6.07, 6.45) is 3.82. The number of hydrogen-bond acceptors (Lipinski definition) is 4. The third-order valence-electron chi connectivity index (χ3n) is 4.47. The van der Waals surface area contributed by atoms with E-state index in [1.165, 1.54) is 11.1 Å². The van der Waals surface area contributed by atoms with Gasteiger partial charge in [0.25, 0.3) is 0 Å². The number of hydrogen-bond donors (Lipinski definition) is 0.